The number of carbonyl (C=O) groups excluding carboxylic acids is 4. The van der Waals surface area contributed by atoms with Crippen LogP contribution in [0.25, 0.3) is 11.1 Å². The van der Waals surface area contributed by atoms with E-state index in [9.17, 15) is 14.4 Å². The summed E-state index contributed by atoms with van der Waals surface area (Å²) in [6, 6.07) is 27.0. The van der Waals surface area contributed by atoms with Gasteiger partial charge in [-0.05, 0) is 89.3 Å². The number of nitrogens with zero attached hydrogens (tertiary/aromatic N) is 3. The van der Waals surface area contributed by atoms with Crippen LogP contribution in [0.3, 0.4) is 0 Å². The Labute approximate surface area is 354 Å². The molecule has 6 rings (SSSR count). The summed E-state index contributed by atoms with van der Waals surface area (Å²) in [6.45, 7) is 11.5. The molecule has 1 N–H and O–H groups in total. The zero-order valence-electron chi connectivity index (χ0n) is 35.5. The fourth-order valence-corrected chi connectivity index (χ4v) is 7.87. The molecule has 4 aromatic rings. The number of hydrogen-bond acceptors (Lipinski definition) is 7. The largest absolute Gasteiger partial charge is 0.476 e. The van der Waals surface area contributed by atoms with Gasteiger partial charge in [0.05, 0.1) is 22.9 Å². The summed E-state index contributed by atoms with van der Waals surface area (Å²) in [5.41, 5.74) is -0.863. The molecule has 61 heavy (non-hydrogen) atoms. The number of piperidine rings is 1. The number of nitrogens with one attached hydrogen (secondary N) is 1. The Balaban J connectivity index is 1.38. The Kier molecular flexibility index (Phi) is 13.1. The quantitative estimate of drug-likeness (QED) is 0.169. The summed E-state index contributed by atoms with van der Waals surface area (Å²) in [5, 5.41) is 2.60. The van der Waals surface area contributed by atoms with Crippen molar-refractivity contribution in [3.63, 3.8) is 0 Å². The lowest BCUT2D eigenvalue weighted by molar-refractivity contribution is -0.138. The van der Waals surface area contributed by atoms with E-state index in [0.29, 0.717) is 6.42 Å². The molecule has 11 nitrogen and oxygen atoms in total. The summed E-state index contributed by atoms with van der Waals surface area (Å²) in [5.74, 6) is -2.17. The van der Waals surface area contributed by atoms with Crippen LogP contribution in [-0.4, -0.2) is 83.3 Å². The van der Waals surface area contributed by atoms with Crippen molar-refractivity contribution in [1.29, 1.82) is 0 Å². The number of amides is 4. The number of rotatable bonds is 10. The molecule has 0 radical (unpaired) electrons. The second-order valence-corrected chi connectivity index (χ2v) is 17.1. The number of alkyl halides is 3. The van der Waals surface area contributed by atoms with Crippen molar-refractivity contribution < 1.29 is 46.6 Å². The molecule has 0 aliphatic carbocycles. The van der Waals surface area contributed by atoms with Gasteiger partial charge in [-0.1, -0.05) is 84.9 Å². The highest BCUT2D eigenvalue weighted by molar-refractivity contribution is 6.05. The third kappa shape index (κ3) is 10.5. The van der Waals surface area contributed by atoms with Crippen LogP contribution < -0.4 is 15.0 Å². The highest BCUT2D eigenvalue weighted by atomic mass is 19.4. The minimum Gasteiger partial charge on any atom is -0.476 e. The van der Waals surface area contributed by atoms with Crippen LogP contribution in [-0.2, 0) is 27.1 Å². The number of fused-ring (bicyclic) bond motifs is 1. The molecular weight excluding hydrogens is 790 g/mol. The van der Waals surface area contributed by atoms with Gasteiger partial charge in [-0.25, -0.2) is 9.59 Å². The lowest BCUT2D eigenvalue weighted by Crippen LogP contribution is -2.57. The summed E-state index contributed by atoms with van der Waals surface area (Å²) in [7, 11) is 0. The van der Waals surface area contributed by atoms with E-state index < -0.39 is 70.5 Å². The topological polar surface area (TPSA) is 118 Å². The zero-order chi connectivity index (χ0) is 44.3. The minimum atomic E-state index is -5.01. The number of anilines is 1. The third-order valence-corrected chi connectivity index (χ3v) is 10.7. The van der Waals surface area contributed by atoms with E-state index in [1.165, 1.54) is 28.5 Å². The predicted molar refractivity (Wildman–Crippen MR) is 225 cm³/mol. The molecule has 2 heterocycles. The standard InChI is InChI=1S/C47H53F3N4O7/c1-30(2)54(39-28-52(44(58)61-45(3,4)5)23-21-35(39)34-20-14-19-33(25-34)32-17-12-9-13-18-32)41(55)36-26-38-40(27-37(36)47(48,49)50)60-46(6,7)42(56)53(38)24-22-51-43(57)59-29-31-15-10-8-11-16-31/h8-20,25-27,30,35,39H,21-24,28-29H2,1-7H3,(H,51,57)/t35-,39+/m1/s1. The van der Waals surface area contributed by atoms with E-state index >= 15 is 18.0 Å². The van der Waals surface area contributed by atoms with Crippen LogP contribution in [0, 0.1) is 0 Å². The average Bonchev–Trinajstić information content (AvgIpc) is 3.20. The molecule has 14 heteroatoms. The van der Waals surface area contributed by atoms with Crippen molar-refractivity contribution in [3.05, 3.63) is 119 Å². The molecular formula is C47H53F3N4O7. The first-order valence-corrected chi connectivity index (χ1v) is 20.4. The normalized spacial score (nSPS) is 17.6. The summed E-state index contributed by atoms with van der Waals surface area (Å²) in [6.07, 6.45) is -5.97. The van der Waals surface area contributed by atoms with Gasteiger partial charge in [0.25, 0.3) is 11.8 Å². The number of hydrogen-bond donors (Lipinski definition) is 1. The summed E-state index contributed by atoms with van der Waals surface area (Å²) >= 11 is 0. The number of carbonyl (C=O) groups is 4. The monoisotopic (exact) mass is 842 g/mol. The molecule has 0 aromatic heterocycles. The lowest BCUT2D eigenvalue weighted by Gasteiger charge is -2.46. The van der Waals surface area contributed by atoms with Crippen molar-refractivity contribution in [2.75, 3.05) is 31.1 Å². The van der Waals surface area contributed by atoms with Crippen LogP contribution in [0.2, 0.25) is 0 Å². The van der Waals surface area contributed by atoms with Gasteiger partial charge in [-0.2, -0.15) is 13.2 Å². The maximum absolute atomic E-state index is 15.2. The third-order valence-electron chi connectivity index (χ3n) is 10.7. The SMILES string of the molecule is CC(C)N(C(=O)c1cc2c(cc1C(F)(F)F)OC(C)(C)C(=O)N2CCNC(=O)OCc1ccccc1)[C@H]1CN(C(=O)OC(C)(C)C)CC[C@@H]1c1cccc(-c2ccccc2)c1. The van der Waals surface area contributed by atoms with E-state index in [-0.39, 0.29) is 44.2 Å². The van der Waals surface area contributed by atoms with E-state index in [4.69, 9.17) is 14.2 Å². The Bertz CT molecular complexity index is 2220. The van der Waals surface area contributed by atoms with Crippen molar-refractivity contribution in [1.82, 2.24) is 15.1 Å². The number of halogens is 3. The van der Waals surface area contributed by atoms with Gasteiger partial charge in [-0.3, -0.25) is 9.59 Å². The average molecular weight is 843 g/mol. The predicted octanol–water partition coefficient (Wildman–Crippen LogP) is 9.45. The van der Waals surface area contributed by atoms with Gasteiger partial charge in [0.1, 0.15) is 18.0 Å². The maximum Gasteiger partial charge on any atom is 0.417 e. The van der Waals surface area contributed by atoms with E-state index in [1.54, 1.807) is 58.9 Å². The Morgan fingerprint density at radius 2 is 1.57 bits per heavy atom. The van der Waals surface area contributed by atoms with E-state index in [1.807, 2.05) is 60.7 Å². The minimum absolute atomic E-state index is 0.00686. The highest BCUT2D eigenvalue weighted by Gasteiger charge is 2.47. The molecule has 0 saturated carbocycles. The maximum atomic E-state index is 15.2. The summed E-state index contributed by atoms with van der Waals surface area (Å²) < 4.78 is 62.4. The van der Waals surface area contributed by atoms with Gasteiger partial charge in [0, 0.05) is 38.1 Å². The van der Waals surface area contributed by atoms with Crippen LogP contribution in [0.15, 0.2) is 97.1 Å². The van der Waals surface area contributed by atoms with Gasteiger partial charge < -0.3 is 34.2 Å². The van der Waals surface area contributed by atoms with Crippen molar-refractivity contribution in [2.24, 2.45) is 0 Å². The highest BCUT2D eigenvalue weighted by Crippen LogP contribution is 2.45. The molecule has 0 bridgehead atoms. The molecule has 4 amide bonds. The van der Waals surface area contributed by atoms with Gasteiger partial charge in [0.15, 0.2) is 5.60 Å². The van der Waals surface area contributed by atoms with Crippen molar-refractivity contribution >= 4 is 29.7 Å². The van der Waals surface area contributed by atoms with Crippen molar-refractivity contribution in [3.8, 4) is 16.9 Å². The molecule has 2 aliphatic heterocycles. The van der Waals surface area contributed by atoms with Gasteiger partial charge >= 0.3 is 18.4 Å². The van der Waals surface area contributed by atoms with Crippen LogP contribution in [0.1, 0.15) is 87.9 Å². The Hall–Kier alpha value is -6.05. The van der Waals surface area contributed by atoms with Crippen LogP contribution in [0.5, 0.6) is 5.75 Å². The van der Waals surface area contributed by atoms with E-state index in [2.05, 4.69) is 5.32 Å². The van der Waals surface area contributed by atoms with Gasteiger partial charge in [-0.15, -0.1) is 0 Å². The van der Waals surface area contributed by atoms with Gasteiger partial charge in [0.2, 0.25) is 0 Å². The first-order chi connectivity index (χ1) is 28.7. The second-order valence-electron chi connectivity index (χ2n) is 17.1. The lowest BCUT2D eigenvalue weighted by atomic mass is 9.82. The summed E-state index contributed by atoms with van der Waals surface area (Å²) in [4.78, 5) is 59.2. The van der Waals surface area contributed by atoms with Crippen LogP contribution >= 0.6 is 0 Å². The number of alkyl carbamates (subject to hydrolysis) is 1. The molecule has 324 valence electrons. The first-order valence-electron chi connectivity index (χ1n) is 20.4. The van der Waals surface area contributed by atoms with Crippen molar-refractivity contribution in [2.45, 2.75) is 96.9 Å². The molecule has 4 aromatic carbocycles. The smallest absolute Gasteiger partial charge is 0.417 e. The number of benzene rings is 4. The van der Waals surface area contributed by atoms with E-state index in [0.717, 1.165) is 34.4 Å². The molecule has 1 saturated heterocycles. The fraction of sp³-hybridized carbons (Fsp3) is 0.404. The molecule has 2 aliphatic rings. The first kappa shape index (κ1) is 44.5. The molecule has 0 unspecified atom stereocenters. The molecule has 0 spiro atoms. The fourth-order valence-electron chi connectivity index (χ4n) is 7.87. The Morgan fingerprint density at radius 1 is 0.918 bits per heavy atom. The number of ether oxygens (including phenoxy) is 3. The number of likely N-dealkylation sites (tertiary alicyclic amines) is 1. The molecule has 1 fully saturated rings. The Morgan fingerprint density at radius 3 is 2.21 bits per heavy atom. The van der Waals surface area contributed by atoms with Crippen LogP contribution in [0.4, 0.5) is 28.4 Å². The molecule has 2 atom stereocenters. The zero-order valence-corrected chi connectivity index (χ0v) is 35.5. The second kappa shape index (κ2) is 17.9.